The van der Waals surface area contributed by atoms with E-state index in [1.54, 1.807) is 12.4 Å². The highest BCUT2D eigenvalue weighted by atomic mass is 35.5. The molecule has 2 unspecified atom stereocenters. The van der Waals surface area contributed by atoms with Gasteiger partial charge in [0, 0.05) is 18.4 Å². The summed E-state index contributed by atoms with van der Waals surface area (Å²) in [7, 11) is 0. The lowest BCUT2D eigenvalue weighted by atomic mass is 9.96. The zero-order valence-electron chi connectivity index (χ0n) is 8.12. The third kappa shape index (κ3) is 2.07. The van der Waals surface area contributed by atoms with Crippen LogP contribution in [0, 0.1) is 5.92 Å². The number of halogens is 1. The van der Waals surface area contributed by atoms with E-state index in [1.807, 2.05) is 6.07 Å². The van der Waals surface area contributed by atoms with E-state index in [9.17, 15) is 0 Å². The second kappa shape index (κ2) is 4.28. The molecule has 1 aromatic heterocycles. The fraction of sp³-hybridized carbons (Fsp3) is 0.545. The molecular weight excluding hydrogens is 196 g/mol. The molecule has 2 nitrogen and oxygen atoms in total. The minimum atomic E-state index is 0.360. The second-order valence-electron chi connectivity index (χ2n) is 4.03. The Hall–Kier alpha value is -0.600. The molecule has 14 heavy (non-hydrogen) atoms. The van der Waals surface area contributed by atoms with Gasteiger partial charge in [-0.1, -0.05) is 18.0 Å². The first-order valence-electron chi connectivity index (χ1n) is 5.11. The van der Waals surface area contributed by atoms with Crippen molar-refractivity contribution in [3.8, 4) is 0 Å². The summed E-state index contributed by atoms with van der Waals surface area (Å²) in [6, 6.07) is 2.35. The molecule has 2 rings (SSSR count). The molecule has 0 amide bonds. The van der Waals surface area contributed by atoms with Gasteiger partial charge in [0.2, 0.25) is 0 Å². The number of hydrogen-bond donors (Lipinski definition) is 1. The predicted molar refractivity (Wildman–Crippen MR) is 58.3 cm³/mol. The molecule has 76 valence electrons. The Kier molecular flexibility index (Phi) is 3.04. The molecule has 1 aliphatic carbocycles. The highest BCUT2D eigenvalue weighted by Gasteiger charge is 2.24. The first-order valence-corrected chi connectivity index (χ1v) is 5.49. The lowest BCUT2D eigenvalue weighted by Gasteiger charge is -2.15. The maximum atomic E-state index is 6.05. The summed E-state index contributed by atoms with van der Waals surface area (Å²) in [5.41, 5.74) is 7.20. The Morgan fingerprint density at radius 2 is 2.36 bits per heavy atom. The van der Waals surface area contributed by atoms with Crippen molar-refractivity contribution in [1.29, 1.82) is 0 Å². The fourth-order valence-corrected chi connectivity index (χ4v) is 2.37. The van der Waals surface area contributed by atoms with Crippen LogP contribution in [-0.2, 0) is 6.42 Å². The molecule has 1 saturated carbocycles. The molecule has 0 aromatic carbocycles. The standard InChI is InChI=1S/C11H15ClN2/c12-10-7-14-5-4-8(10)6-9-2-1-3-11(9)13/h4-5,7,9,11H,1-3,6,13H2. The van der Waals surface area contributed by atoms with E-state index in [4.69, 9.17) is 17.3 Å². The number of rotatable bonds is 2. The van der Waals surface area contributed by atoms with Crippen LogP contribution in [0.2, 0.25) is 5.02 Å². The summed E-state index contributed by atoms with van der Waals surface area (Å²) in [4.78, 5) is 3.98. The maximum Gasteiger partial charge on any atom is 0.0621 e. The van der Waals surface area contributed by atoms with Gasteiger partial charge < -0.3 is 5.73 Å². The van der Waals surface area contributed by atoms with Gasteiger partial charge in [-0.2, -0.15) is 0 Å². The van der Waals surface area contributed by atoms with E-state index < -0.39 is 0 Å². The Morgan fingerprint density at radius 3 is 3.00 bits per heavy atom. The molecule has 2 N–H and O–H groups in total. The van der Waals surface area contributed by atoms with Crippen LogP contribution in [0.4, 0.5) is 0 Å². The number of pyridine rings is 1. The van der Waals surface area contributed by atoms with Crippen molar-refractivity contribution >= 4 is 11.6 Å². The van der Waals surface area contributed by atoms with E-state index in [0.717, 1.165) is 17.9 Å². The Bertz CT molecular complexity index is 314. The van der Waals surface area contributed by atoms with Crippen molar-refractivity contribution in [2.75, 3.05) is 0 Å². The van der Waals surface area contributed by atoms with Crippen molar-refractivity contribution in [3.63, 3.8) is 0 Å². The average molecular weight is 211 g/mol. The summed E-state index contributed by atoms with van der Waals surface area (Å²) >= 11 is 6.05. The van der Waals surface area contributed by atoms with Crippen LogP contribution < -0.4 is 5.73 Å². The number of aromatic nitrogens is 1. The molecule has 2 atom stereocenters. The number of nitrogens with two attached hydrogens (primary N) is 1. The first kappa shape index (κ1) is 9.94. The van der Waals surface area contributed by atoms with Gasteiger partial charge in [-0.3, -0.25) is 4.98 Å². The van der Waals surface area contributed by atoms with Gasteiger partial charge in [0.25, 0.3) is 0 Å². The first-order chi connectivity index (χ1) is 6.77. The summed E-state index contributed by atoms with van der Waals surface area (Å²) in [5, 5.41) is 0.770. The van der Waals surface area contributed by atoms with Crippen LogP contribution in [-0.4, -0.2) is 11.0 Å². The summed E-state index contributed by atoms with van der Waals surface area (Å²) < 4.78 is 0. The molecule has 1 heterocycles. The average Bonchev–Trinajstić information content (AvgIpc) is 2.56. The van der Waals surface area contributed by atoms with Gasteiger partial charge in [0.05, 0.1) is 5.02 Å². The lowest BCUT2D eigenvalue weighted by Crippen LogP contribution is -2.25. The zero-order valence-corrected chi connectivity index (χ0v) is 8.87. The highest BCUT2D eigenvalue weighted by molar-refractivity contribution is 6.31. The fourth-order valence-electron chi connectivity index (χ4n) is 2.17. The molecule has 0 saturated heterocycles. The normalized spacial score (nSPS) is 26.7. The Balaban J connectivity index is 2.07. The molecule has 1 aliphatic rings. The molecule has 0 bridgehead atoms. The summed E-state index contributed by atoms with van der Waals surface area (Å²) in [5.74, 6) is 0.606. The maximum absolute atomic E-state index is 6.05. The molecule has 1 fully saturated rings. The predicted octanol–water partition coefficient (Wildman–Crippen LogP) is 2.40. The minimum absolute atomic E-state index is 0.360. The van der Waals surface area contributed by atoms with Crippen molar-refractivity contribution in [1.82, 2.24) is 4.98 Å². The lowest BCUT2D eigenvalue weighted by molar-refractivity contribution is 0.479. The van der Waals surface area contributed by atoms with Crippen LogP contribution in [0.5, 0.6) is 0 Å². The smallest absolute Gasteiger partial charge is 0.0621 e. The topological polar surface area (TPSA) is 38.9 Å². The summed E-state index contributed by atoms with van der Waals surface area (Å²) in [6.45, 7) is 0. The van der Waals surface area contributed by atoms with E-state index in [2.05, 4.69) is 4.98 Å². The van der Waals surface area contributed by atoms with Gasteiger partial charge in [0.1, 0.15) is 0 Å². The van der Waals surface area contributed by atoms with E-state index >= 15 is 0 Å². The minimum Gasteiger partial charge on any atom is -0.327 e. The monoisotopic (exact) mass is 210 g/mol. The van der Waals surface area contributed by atoms with Crippen molar-refractivity contribution in [2.24, 2.45) is 11.7 Å². The SMILES string of the molecule is NC1CCCC1Cc1ccncc1Cl. The largest absolute Gasteiger partial charge is 0.327 e. The van der Waals surface area contributed by atoms with Crippen molar-refractivity contribution < 1.29 is 0 Å². The van der Waals surface area contributed by atoms with Crippen LogP contribution in [0.1, 0.15) is 24.8 Å². The zero-order chi connectivity index (χ0) is 9.97. The van der Waals surface area contributed by atoms with Gasteiger partial charge >= 0.3 is 0 Å². The molecule has 0 radical (unpaired) electrons. The Morgan fingerprint density at radius 1 is 1.50 bits per heavy atom. The number of nitrogens with zero attached hydrogens (tertiary/aromatic N) is 1. The highest BCUT2D eigenvalue weighted by Crippen LogP contribution is 2.29. The second-order valence-corrected chi connectivity index (χ2v) is 4.43. The quantitative estimate of drug-likeness (QED) is 0.814. The van der Waals surface area contributed by atoms with E-state index in [-0.39, 0.29) is 0 Å². The van der Waals surface area contributed by atoms with Crippen LogP contribution in [0.25, 0.3) is 0 Å². The van der Waals surface area contributed by atoms with Gasteiger partial charge in [-0.25, -0.2) is 0 Å². The van der Waals surface area contributed by atoms with E-state index in [1.165, 1.54) is 18.4 Å². The third-order valence-electron chi connectivity index (χ3n) is 3.06. The van der Waals surface area contributed by atoms with Crippen LogP contribution >= 0.6 is 11.6 Å². The van der Waals surface area contributed by atoms with Crippen LogP contribution in [0.3, 0.4) is 0 Å². The third-order valence-corrected chi connectivity index (χ3v) is 3.40. The van der Waals surface area contributed by atoms with Gasteiger partial charge in [0.15, 0.2) is 0 Å². The molecule has 3 heteroatoms. The van der Waals surface area contributed by atoms with Crippen molar-refractivity contribution in [2.45, 2.75) is 31.7 Å². The molecule has 1 aromatic rings. The number of hydrogen-bond acceptors (Lipinski definition) is 2. The van der Waals surface area contributed by atoms with E-state index in [0.29, 0.717) is 12.0 Å². The van der Waals surface area contributed by atoms with Crippen molar-refractivity contribution in [3.05, 3.63) is 29.0 Å². The molecule has 0 aliphatic heterocycles. The van der Waals surface area contributed by atoms with Crippen LogP contribution in [0.15, 0.2) is 18.5 Å². The van der Waals surface area contributed by atoms with Gasteiger partial charge in [-0.05, 0) is 36.8 Å². The van der Waals surface area contributed by atoms with Gasteiger partial charge in [-0.15, -0.1) is 0 Å². The summed E-state index contributed by atoms with van der Waals surface area (Å²) in [6.07, 6.45) is 8.16. The Labute approximate surface area is 89.5 Å². The molecular formula is C11H15ClN2. The molecule has 0 spiro atoms.